The zero-order valence-electron chi connectivity index (χ0n) is 12.2. The number of hydrogen-bond acceptors (Lipinski definition) is 4. The number of rotatable bonds is 4. The molecule has 0 aliphatic carbocycles. The molecule has 1 aliphatic heterocycles. The van der Waals surface area contributed by atoms with Crippen molar-refractivity contribution in [2.45, 2.75) is 12.8 Å². The zero-order chi connectivity index (χ0) is 15.8. The van der Waals surface area contributed by atoms with E-state index in [-0.39, 0.29) is 19.1 Å². The van der Waals surface area contributed by atoms with Gasteiger partial charge in [-0.05, 0) is 24.1 Å². The summed E-state index contributed by atoms with van der Waals surface area (Å²) in [6.07, 6.45) is 0. The highest BCUT2D eigenvalue weighted by Gasteiger charge is 2.35. The van der Waals surface area contributed by atoms with Crippen LogP contribution >= 0.6 is 0 Å². The minimum Gasteiger partial charge on any atom is -0.366 e. The van der Waals surface area contributed by atoms with Crippen molar-refractivity contribution < 1.29 is 18.0 Å². The van der Waals surface area contributed by atoms with E-state index in [0.717, 1.165) is 19.9 Å². The number of amides is 1. The first kappa shape index (κ1) is 15.9. The molecule has 1 saturated heterocycles. The number of hydroxylamine groups is 1. The number of carbonyl (C=O) groups is 1. The smallest absolute Gasteiger partial charge is 0.303 e. The summed E-state index contributed by atoms with van der Waals surface area (Å²) < 4.78 is 26.1. The maximum absolute atomic E-state index is 12.0. The molecule has 116 valence electrons. The highest BCUT2D eigenvalue weighted by molar-refractivity contribution is 7.86. The Labute approximate surface area is 124 Å². The summed E-state index contributed by atoms with van der Waals surface area (Å²) in [6, 6.07) is 5.26. The van der Waals surface area contributed by atoms with Crippen LogP contribution in [0.2, 0.25) is 0 Å². The van der Waals surface area contributed by atoms with Gasteiger partial charge in [0, 0.05) is 25.6 Å². The van der Waals surface area contributed by atoms with E-state index in [4.69, 9.17) is 10.6 Å². The van der Waals surface area contributed by atoms with Crippen LogP contribution in [0, 0.1) is 6.92 Å². The first-order valence-electron chi connectivity index (χ1n) is 6.47. The lowest BCUT2D eigenvalue weighted by atomic mass is 9.92. The molecule has 0 bridgehead atoms. The number of nitrogens with zero attached hydrogens (tertiary/aromatic N) is 2. The summed E-state index contributed by atoms with van der Waals surface area (Å²) in [5, 5.41) is 0. The fraction of sp³-hybridized carbons (Fsp3) is 0.462. The van der Waals surface area contributed by atoms with Crippen molar-refractivity contribution in [2.24, 2.45) is 5.73 Å². The Kier molecular flexibility index (Phi) is 4.33. The van der Waals surface area contributed by atoms with Crippen molar-refractivity contribution in [2.75, 3.05) is 27.2 Å². The largest absolute Gasteiger partial charge is 0.366 e. The Bertz CT molecular complexity index is 657. The molecule has 1 aromatic rings. The van der Waals surface area contributed by atoms with Gasteiger partial charge < -0.3 is 5.73 Å². The quantitative estimate of drug-likeness (QED) is 0.861. The molecule has 1 aromatic carbocycles. The molecule has 1 unspecified atom stereocenters. The normalized spacial score (nSPS) is 20.1. The lowest BCUT2D eigenvalue weighted by molar-refractivity contribution is -0.0331. The molecule has 0 aromatic heterocycles. The van der Waals surface area contributed by atoms with Crippen LogP contribution in [-0.4, -0.2) is 50.3 Å². The second-order valence-electron chi connectivity index (χ2n) is 5.15. The van der Waals surface area contributed by atoms with Gasteiger partial charge in [0.15, 0.2) is 0 Å². The SMILES string of the molecule is Cc1c(C(N)=O)cccc1C1CON(S(=O)(=O)N(C)C)C1. The molecule has 2 N–H and O–H groups in total. The van der Waals surface area contributed by atoms with Crippen LogP contribution in [-0.2, 0) is 15.0 Å². The standard InChI is InChI=1S/C13H19N3O4S/c1-9-11(5-4-6-12(9)13(14)17)10-7-16(20-8-10)21(18,19)15(2)3/h4-6,10H,7-8H2,1-3H3,(H2,14,17). The van der Waals surface area contributed by atoms with Crippen molar-refractivity contribution in [3.8, 4) is 0 Å². The summed E-state index contributed by atoms with van der Waals surface area (Å²) in [6.45, 7) is 2.26. The molecule has 1 fully saturated rings. The van der Waals surface area contributed by atoms with Gasteiger partial charge in [-0.1, -0.05) is 16.6 Å². The second kappa shape index (κ2) is 5.72. The van der Waals surface area contributed by atoms with Crippen LogP contribution in [0.5, 0.6) is 0 Å². The van der Waals surface area contributed by atoms with Crippen molar-refractivity contribution in [3.63, 3.8) is 0 Å². The zero-order valence-corrected chi connectivity index (χ0v) is 13.1. The van der Waals surface area contributed by atoms with Gasteiger partial charge in [-0.2, -0.15) is 12.7 Å². The minimum absolute atomic E-state index is 0.126. The van der Waals surface area contributed by atoms with Gasteiger partial charge in [-0.15, -0.1) is 0 Å². The molecule has 0 radical (unpaired) electrons. The minimum atomic E-state index is -3.60. The lowest BCUT2D eigenvalue weighted by Gasteiger charge is -2.19. The number of carbonyl (C=O) groups excluding carboxylic acids is 1. The topological polar surface area (TPSA) is 92.9 Å². The number of hydrogen-bond donors (Lipinski definition) is 1. The van der Waals surface area contributed by atoms with E-state index < -0.39 is 16.1 Å². The molecule has 21 heavy (non-hydrogen) atoms. The van der Waals surface area contributed by atoms with Gasteiger partial charge in [0.2, 0.25) is 5.91 Å². The fourth-order valence-electron chi connectivity index (χ4n) is 2.35. The van der Waals surface area contributed by atoms with Crippen molar-refractivity contribution >= 4 is 16.1 Å². The third-order valence-corrected chi connectivity index (χ3v) is 5.28. The molecule has 1 heterocycles. The van der Waals surface area contributed by atoms with Crippen LogP contribution in [0.15, 0.2) is 18.2 Å². The Hall–Kier alpha value is -1.48. The average Bonchev–Trinajstić information content (AvgIpc) is 2.88. The van der Waals surface area contributed by atoms with Crippen LogP contribution in [0.4, 0.5) is 0 Å². The predicted octanol–water partition coefficient (Wildman–Crippen LogP) is 0.231. The van der Waals surface area contributed by atoms with Crippen LogP contribution in [0.25, 0.3) is 0 Å². The van der Waals surface area contributed by atoms with E-state index in [1.807, 2.05) is 6.07 Å². The fourth-order valence-corrected chi connectivity index (χ4v) is 3.28. The molecule has 1 atom stereocenters. The molecule has 7 nitrogen and oxygen atoms in total. The van der Waals surface area contributed by atoms with Gasteiger partial charge in [-0.3, -0.25) is 9.63 Å². The molecule has 1 amide bonds. The maximum atomic E-state index is 12.0. The van der Waals surface area contributed by atoms with Gasteiger partial charge in [0.05, 0.1) is 13.2 Å². The van der Waals surface area contributed by atoms with Gasteiger partial charge in [-0.25, -0.2) is 0 Å². The molecule has 8 heteroatoms. The van der Waals surface area contributed by atoms with Gasteiger partial charge in [0.25, 0.3) is 0 Å². The Morgan fingerprint density at radius 1 is 1.43 bits per heavy atom. The monoisotopic (exact) mass is 313 g/mol. The molecule has 1 aliphatic rings. The van der Waals surface area contributed by atoms with Crippen molar-refractivity contribution in [1.82, 2.24) is 8.77 Å². The van der Waals surface area contributed by atoms with E-state index in [2.05, 4.69) is 0 Å². The average molecular weight is 313 g/mol. The van der Waals surface area contributed by atoms with Gasteiger partial charge >= 0.3 is 10.2 Å². The van der Waals surface area contributed by atoms with Gasteiger partial charge in [0.1, 0.15) is 0 Å². The van der Waals surface area contributed by atoms with Crippen LogP contribution in [0.1, 0.15) is 27.4 Å². The first-order valence-corrected chi connectivity index (χ1v) is 7.87. The Morgan fingerprint density at radius 2 is 2.10 bits per heavy atom. The van der Waals surface area contributed by atoms with E-state index >= 15 is 0 Å². The molecule has 0 spiro atoms. The molecular weight excluding hydrogens is 294 g/mol. The van der Waals surface area contributed by atoms with Crippen LogP contribution < -0.4 is 5.73 Å². The summed E-state index contributed by atoms with van der Waals surface area (Å²) in [7, 11) is -0.705. The Morgan fingerprint density at radius 3 is 2.67 bits per heavy atom. The van der Waals surface area contributed by atoms with E-state index in [1.54, 1.807) is 19.1 Å². The van der Waals surface area contributed by atoms with E-state index in [1.165, 1.54) is 14.1 Å². The summed E-state index contributed by atoms with van der Waals surface area (Å²) >= 11 is 0. The number of nitrogens with two attached hydrogens (primary N) is 1. The predicted molar refractivity (Wildman–Crippen MR) is 77.7 cm³/mol. The molecular formula is C13H19N3O4S. The second-order valence-corrected chi connectivity index (χ2v) is 7.19. The molecule has 2 rings (SSSR count). The number of primary amides is 1. The summed E-state index contributed by atoms with van der Waals surface area (Å²) in [4.78, 5) is 16.7. The van der Waals surface area contributed by atoms with Crippen molar-refractivity contribution in [1.29, 1.82) is 0 Å². The Balaban J connectivity index is 2.27. The third kappa shape index (κ3) is 2.93. The van der Waals surface area contributed by atoms with E-state index in [0.29, 0.717) is 5.56 Å². The van der Waals surface area contributed by atoms with E-state index in [9.17, 15) is 13.2 Å². The summed E-state index contributed by atoms with van der Waals surface area (Å²) in [5.74, 6) is -0.620. The molecule has 0 saturated carbocycles. The van der Waals surface area contributed by atoms with Crippen LogP contribution in [0.3, 0.4) is 0 Å². The third-order valence-electron chi connectivity index (χ3n) is 3.59. The summed E-state index contributed by atoms with van der Waals surface area (Å²) in [5.41, 5.74) is 7.42. The highest BCUT2D eigenvalue weighted by atomic mass is 32.2. The maximum Gasteiger partial charge on any atom is 0.303 e. The van der Waals surface area contributed by atoms with Crippen molar-refractivity contribution in [3.05, 3.63) is 34.9 Å². The first-order chi connectivity index (χ1) is 9.75. The number of benzene rings is 1. The highest BCUT2D eigenvalue weighted by Crippen LogP contribution is 2.29. The lowest BCUT2D eigenvalue weighted by Crippen LogP contribution is -2.37.